The van der Waals surface area contributed by atoms with Gasteiger partial charge in [0.25, 0.3) is 5.91 Å². The van der Waals surface area contributed by atoms with Crippen molar-refractivity contribution in [1.29, 1.82) is 0 Å². The first-order chi connectivity index (χ1) is 13.1. The Bertz CT molecular complexity index is 809. The highest BCUT2D eigenvalue weighted by atomic mass is 32.1. The van der Waals surface area contributed by atoms with Gasteiger partial charge in [0.05, 0.1) is 5.56 Å². The zero-order chi connectivity index (χ0) is 19.5. The van der Waals surface area contributed by atoms with Crippen LogP contribution >= 0.6 is 12.2 Å². The lowest BCUT2D eigenvalue weighted by molar-refractivity contribution is -0.119. The number of amides is 2. The highest BCUT2D eigenvalue weighted by molar-refractivity contribution is 7.80. The van der Waals surface area contributed by atoms with E-state index >= 15 is 0 Å². The number of benzene rings is 2. The molecular formula is C20H21N3O3S. The number of thiocarbonyl (C=S) groups is 1. The molecule has 140 valence electrons. The number of hydrogen-bond donors (Lipinski definition) is 3. The molecule has 0 atom stereocenters. The molecular weight excluding hydrogens is 362 g/mol. The lowest BCUT2D eigenvalue weighted by atomic mass is 10.1. The zero-order valence-electron chi connectivity index (χ0n) is 14.7. The highest BCUT2D eigenvalue weighted by Crippen LogP contribution is 2.17. The van der Waals surface area contributed by atoms with Crippen LogP contribution in [0.25, 0.3) is 0 Å². The minimum atomic E-state index is -0.435. The molecule has 3 N–H and O–H groups in total. The summed E-state index contributed by atoms with van der Waals surface area (Å²) in [7, 11) is 0. The second-order valence-corrected chi connectivity index (χ2v) is 5.95. The van der Waals surface area contributed by atoms with E-state index in [4.69, 9.17) is 17.0 Å². The van der Waals surface area contributed by atoms with Crippen molar-refractivity contribution in [2.75, 3.05) is 6.61 Å². The van der Waals surface area contributed by atoms with E-state index in [2.05, 4.69) is 22.7 Å². The summed E-state index contributed by atoms with van der Waals surface area (Å²) in [5, 5.41) is 2.55. The van der Waals surface area contributed by atoms with Gasteiger partial charge in [-0.2, -0.15) is 0 Å². The first-order valence-electron chi connectivity index (χ1n) is 8.37. The summed E-state index contributed by atoms with van der Waals surface area (Å²) >= 11 is 5.03. The van der Waals surface area contributed by atoms with Crippen molar-refractivity contribution in [1.82, 2.24) is 16.2 Å². The normalized spacial score (nSPS) is 9.78. The molecule has 2 aromatic carbocycles. The average molecular weight is 383 g/mol. The van der Waals surface area contributed by atoms with Gasteiger partial charge in [-0.25, -0.2) is 0 Å². The lowest BCUT2D eigenvalue weighted by Gasteiger charge is -2.13. The van der Waals surface area contributed by atoms with E-state index in [1.807, 2.05) is 30.3 Å². The maximum absolute atomic E-state index is 12.3. The number of ether oxygens (including phenoxy) is 1. The van der Waals surface area contributed by atoms with Crippen LogP contribution in [0.3, 0.4) is 0 Å². The molecule has 0 fully saturated rings. The maximum Gasteiger partial charge on any atom is 0.273 e. The van der Waals surface area contributed by atoms with Crippen molar-refractivity contribution in [2.45, 2.75) is 12.8 Å². The minimum Gasteiger partial charge on any atom is -0.489 e. The van der Waals surface area contributed by atoms with E-state index in [-0.39, 0.29) is 24.0 Å². The van der Waals surface area contributed by atoms with Crippen molar-refractivity contribution < 1.29 is 14.3 Å². The van der Waals surface area contributed by atoms with Crippen LogP contribution in [-0.2, 0) is 11.2 Å². The van der Waals surface area contributed by atoms with Gasteiger partial charge in [0, 0.05) is 6.42 Å². The number of hydrogen-bond acceptors (Lipinski definition) is 4. The smallest absolute Gasteiger partial charge is 0.273 e. The van der Waals surface area contributed by atoms with Gasteiger partial charge in [-0.3, -0.25) is 20.4 Å². The van der Waals surface area contributed by atoms with Crippen molar-refractivity contribution in [3.63, 3.8) is 0 Å². The summed E-state index contributed by atoms with van der Waals surface area (Å²) in [5.41, 5.74) is 6.37. The van der Waals surface area contributed by atoms with Gasteiger partial charge < -0.3 is 10.1 Å². The van der Waals surface area contributed by atoms with Crippen LogP contribution in [0.2, 0.25) is 0 Å². The van der Waals surface area contributed by atoms with E-state index in [9.17, 15) is 9.59 Å². The summed E-state index contributed by atoms with van der Waals surface area (Å²) in [4.78, 5) is 24.2. The Morgan fingerprint density at radius 2 is 1.74 bits per heavy atom. The van der Waals surface area contributed by atoms with Gasteiger partial charge in [-0.05, 0) is 36.3 Å². The summed E-state index contributed by atoms with van der Waals surface area (Å²) in [6, 6.07) is 16.5. The standard InChI is InChI=1S/C20H21N3O3S/c1-2-14-26-17-11-7-6-10-16(17)19(25)22-23-20(27)21-18(24)13-12-15-8-4-3-5-9-15/h2-11H,1,12-14H2,(H,22,25)(H2,21,23,24,27). The van der Waals surface area contributed by atoms with Crippen LogP contribution < -0.4 is 20.9 Å². The first kappa shape index (κ1) is 20.1. The fraction of sp³-hybridized carbons (Fsp3) is 0.150. The van der Waals surface area contributed by atoms with Gasteiger partial charge >= 0.3 is 0 Å². The molecule has 0 saturated heterocycles. The van der Waals surface area contributed by atoms with Crippen LogP contribution in [0.15, 0.2) is 67.3 Å². The SMILES string of the molecule is C=CCOc1ccccc1C(=O)NNC(=S)NC(=O)CCc1ccccc1. The largest absolute Gasteiger partial charge is 0.489 e. The van der Waals surface area contributed by atoms with Gasteiger partial charge in [0.2, 0.25) is 5.91 Å². The summed E-state index contributed by atoms with van der Waals surface area (Å²) < 4.78 is 5.44. The Balaban J connectivity index is 1.78. The molecule has 0 aromatic heterocycles. The second kappa shape index (κ2) is 10.7. The fourth-order valence-corrected chi connectivity index (χ4v) is 2.40. The third-order valence-corrected chi connectivity index (χ3v) is 3.72. The maximum atomic E-state index is 12.3. The highest BCUT2D eigenvalue weighted by Gasteiger charge is 2.12. The number of carbonyl (C=O) groups excluding carboxylic acids is 2. The van der Waals surface area contributed by atoms with E-state index in [1.165, 1.54) is 0 Å². The van der Waals surface area contributed by atoms with Gasteiger partial charge in [-0.15, -0.1) is 0 Å². The third-order valence-electron chi connectivity index (χ3n) is 3.51. The van der Waals surface area contributed by atoms with Crippen molar-refractivity contribution in [3.05, 3.63) is 78.4 Å². The Kier molecular flexibility index (Phi) is 7.99. The van der Waals surface area contributed by atoms with E-state index in [1.54, 1.807) is 30.3 Å². The van der Waals surface area contributed by atoms with E-state index in [0.29, 0.717) is 17.7 Å². The van der Waals surface area contributed by atoms with Crippen LogP contribution in [0.1, 0.15) is 22.3 Å². The summed E-state index contributed by atoms with van der Waals surface area (Å²) in [6.45, 7) is 3.86. The number of nitrogens with one attached hydrogen (secondary N) is 3. The molecule has 0 unspecified atom stereocenters. The molecule has 0 spiro atoms. The lowest BCUT2D eigenvalue weighted by Crippen LogP contribution is -2.48. The molecule has 0 aliphatic heterocycles. The Morgan fingerprint density at radius 1 is 1.04 bits per heavy atom. The Hall–Kier alpha value is -3.19. The first-order valence-corrected chi connectivity index (χ1v) is 8.78. The molecule has 6 nitrogen and oxygen atoms in total. The number of hydrazine groups is 1. The van der Waals surface area contributed by atoms with Crippen molar-refractivity contribution in [3.8, 4) is 5.75 Å². The topological polar surface area (TPSA) is 79.5 Å². The van der Waals surface area contributed by atoms with Crippen LogP contribution in [0.5, 0.6) is 5.75 Å². The summed E-state index contributed by atoms with van der Waals surface area (Å²) in [6.07, 6.45) is 2.49. The molecule has 2 rings (SSSR count). The van der Waals surface area contributed by atoms with E-state index < -0.39 is 5.91 Å². The van der Waals surface area contributed by atoms with Gasteiger partial charge in [0.1, 0.15) is 12.4 Å². The van der Waals surface area contributed by atoms with E-state index in [0.717, 1.165) is 5.56 Å². The van der Waals surface area contributed by atoms with Crippen molar-refractivity contribution in [2.24, 2.45) is 0 Å². The van der Waals surface area contributed by atoms with Gasteiger partial charge in [-0.1, -0.05) is 55.1 Å². The number of aryl methyl sites for hydroxylation is 1. The molecule has 27 heavy (non-hydrogen) atoms. The molecule has 0 saturated carbocycles. The molecule has 0 radical (unpaired) electrons. The Labute approximate surface area is 163 Å². The summed E-state index contributed by atoms with van der Waals surface area (Å²) in [5.74, 6) is -0.245. The predicted molar refractivity (Wildman–Crippen MR) is 108 cm³/mol. The van der Waals surface area contributed by atoms with Gasteiger partial charge in [0.15, 0.2) is 5.11 Å². The fourth-order valence-electron chi connectivity index (χ4n) is 2.23. The monoisotopic (exact) mass is 383 g/mol. The van der Waals surface area contributed by atoms with Crippen LogP contribution in [0, 0.1) is 0 Å². The van der Waals surface area contributed by atoms with Crippen LogP contribution in [-0.4, -0.2) is 23.5 Å². The Morgan fingerprint density at radius 3 is 2.48 bits per heavy atom. The molecule has 7 heteroatoms. The minimum absolute atomic E-state index is 0.0194. The second-order valence-electron chi connectivity index (χ2n) is 5.54. The quantitative estimate of drug-likeness (QED) is 0.389. The zero-order valence-corrected chi connectivity index (χ0v) is 15.6. The average Bonchev–Trinajstić information content (AvgIpc) is 2.70. The molecule has 0 aliphatic carbocycles. The van der Waals surface area contributed by atoms with Crippen molar-refractivity contribution >= 4 is 29.1 Å². The number of rotatable bonds is 7. The molecule has 0 heterocycles. The molecule has 0 aliphatic rings. The molecule has 2 amide bonds. The molecule has 0 bridgehead atoms. The number of para-hydroxylation sites is 1. The third kappa shape index (κ3) is 6.91. The molecule has 2 aromatic rings. The van der Waals surface area contributed by atoms with Crippen LogP contribution in [0.4, 0.5) is 0 Å². The number of carbonyl (C=O) groups is 2. The predicted octanol–water partition coefficient (Wildman–Crippen LogP) is 2.52.